The van der Waals surface area contributed by atoms with Gasteiger partial charge in [0.25, 0.3) is 0 Å². The van der Waals surface area contributed by atoms with E-state index in [2.05, 4.69) is 0 Å². The van der Waals surface area contributed by atoms with E-state index in [9.17, 15) is 0 Å². The highest BCUT2D eigenvalue weighted by atomic mass is 14.7. The van der Waals surface area contributed by atoms with E-state index >= 15 is 0 Å². The van der Waals surface area contributed by atoms with Gasteiger partial charge in [-0.25, -0.2) is 0 Å². The van der Waals surface area contributed by atoms with Crippen LogP contribution in [0, 0.1) is 59.2 Å². The predicted octanol–water partition coefficient (Wildman–Crippen LogP) is 5.13. The second kappa shape index (κ2) is 3.85. The molecule has 6 saturated carbocycles. The van der Waals surface area contributed by atoms with Gasteiger partial charge >= 0.3 is 0 Å². The highest BCUT2D eigenvalue weighted by molar-refractivity contribution is 5.12. The number of fused-ring (bicyclic) bond motifs is 9. The van der Waals surface area contributed by atoms with Gasteiger partial charge in [-0.15, -0.1) is 0 Å². The van der Waals surface area contributed by atoms with Gasteiger partial charge in [0.15, 0.2) is 0 Å². The third-order valence-corrected chi connectivity index (χ3v) is 9.37. The summed E-state index contributed by atoms with van der Waals surface area (Å²) in [5.74, 6) is 12.0. The summed E-state index contributed by atoms with van der Waals surface area (Å²) < 4.78 is 0. The zero-order chi connectivity index (χ0) is 12.8. The van der Waals surface area contributed by atoms with Gasteiger partial charge < -0.3 is 0 Å². The lowest BCUT2D eigenvalue weighted by Crippen LogP contribution is -2.28. The van der Waals surface area contributed by atoms with E-state index in [-0.39, 0.29) is 0 Å². The molecule has 0 heterocycles. The molecule has 0 amide bonds. The van der Waals surface area contributed by atoms with Gasteiger partial charge in [-0.05, 0) is 97.7 Å². The molecule has 6 fully saturated rings. The molecule has 0 heteroatoms. The Bertz CT molecular complexity index is 388. The molecule has 0 aromatic carbocycles. The second-order valence-corrected chi connectivity index (χ2v) is 9.66. The first-order valence-electron chi connectivity index (χ1n) is 9.90. The Hall–Kier alpha value is 0. The Labute approximate surface area is 124 Å². The van der Waals surface area contributed by atoms with Gasteiger partial charge in [0.1, 0.15) is 0 Å². The predicted molar refractivity (Wildman–Crippen MR) is 81.1 cm³/mol. The van der Waals surface area contributed by atoms with Crippen LogP contribution in [0.3, 0.4) is 0 Å². The van der Waals surface area contributed by atoms with Crippen molar-refractivity contribution in [2.45, 2.75) is 64.2 Å². The summed E-state index contributed by atoms with van der Waals surface area (Å²) >= 11 is 0. The molecule has 0 radical (unpaired) electrons. The Kier molecular flexibility index (Phi) is 2.22. The van der Waals surface area contributed by atoms with Crippen LogP contribution in [0.1, 0.15) is 64.2 Å². The van der Waals surface area contributed by atoms with Crippen molar-refractivity contribution in [2.24, 2.45) is 59.2 Å². The van der Waals surface area contributed by atoms with Crippen LogP contribution in [0.4, 0.5) is 0 Å². The van der Waals surface area contributed by atoms with Crippen molar-refractivity contribution in [3.63, 3.8) is 0 Å². The number of rotatable bonds is 0. The molecule has 8 atom stereocenters. The lowest BCUT2D eigenvalue weighted by molar-refractivity contribution is 0.146. The molecular weight excluding hydrogens is 240 g/mol. The van der Waals surface area contributed by atoms with Crippen molar-refractivity contribution >= 4 is 0 Å². The maximum atomic E-state index is 1.67. The van der Waals surface area contributed by atoms with E-state index in [4.69, 9.17) is 0 Å². The monoisotopic (exact) mass is 270 g/mol. The van der Waals surface area contributed by atoms with Crippen LogP contribution in [0.2, 0.25) is 0 Å². The number of hydrogen-bond donors (Lipinski definition) is 0. The van der Waals surface area contributed by atoms with Gasteiger partial charge in [-0.2, -0.15) is 0 Å². The van der Waals surface area contributed by atoms with E-state index in [1.54, 1.807) is 64.2 Å². The van der Waals surface area contributed by atoms with Crippen LogP contribution >= 0.6 is 0 Å². The zero-order valence-corrected chi connectivity index (χ0v) is 12.8. The largest absolute Gasteiger partial charge is 0.0527 e. The van der Waals surface area contributed by atoms with Crippen LogP contribution in [0.15, 0.2) is 0 Å². The normalized spacial score (nSPS) is 66.0. The Morgan fingerprint density at radius 1 is 0.400 bits per heavy atom. The molecule has 0 aromatic rings. The lowest BCUT2D eigenvalue weighted by Gasteiger charge is -2.33. The third kappa shape index (κ3) is 1.27. The second-order valence-electron chi connectivity index (χ2n) is 9.66. The van der Waals surface area contributed by atoms with Crippen LogP contribution in [-0.4, -0.2) is 0 Å². The van der Waals surface area contributed by atoms with E-state index < -0.39 is 0 Å². The summed E-state index contributed by atoms with van der Waals surface area (Å²) in [6.45, 7) is 0. The molecule has 6 aliphatic rings. The minimum absolute atomic E-state index is 1.19. The summed E-state index contributed by atoms with van der Waals surface area (Å²) in [4.78, 5) is 0. The SMILES string of the molecule is C1CC2CC3CC4CC5CC6CCCC6C5C4C3C2C1. The first-order chi connectivity index (χ1) is 9.90. The summed E-state index contributed by atoms with van der Waals surface area (Å²) in [5.41, 5.74) is 0. The van der Waals surface area contributed by atoms with E-state index in [0.717, 1.165) is 0 Å². The lowest BCUT2D eigenvalue weighted by atomic mass is 9.72. The topological polar surface area (TPSA) is 0 Å². The van der Waals surface area contributed by atoms with Crippen molar-refractivity contribution in [1.29, 1.82) is 0 Å². The molecule has 0 N–H and O–H groups in total. The quantitative estimate of drug-likeness (QED) is 0.572. The van der Waals surface area contributed by atoms with Crippen LogP contribution < -0.4 is 0 Å². The molecule has 8 unspecified atom stereocenters. The van der Waals surface area contributed by atoms with Gasteiger partial charge in [0.05, 0.1) is 0 Å². The number of hydrogen-bond acceptors (Lipinski definition) is 0. The Balaban J connectivity index is 1.36. The van der Waals surface area contributed by atoms with Crippen molar-refractivity contribution in [2.75, 3.05) is 0 Å². The third-order valence-electron chi connectivity index (χ3n) is 9.37. The summed E-state index contributed by atoms with van der Waals surface area (Å²) in [7, 11) is 0. The van der Waals surface area contributed by atoms with Gasteiger partial charge in [-0.3, -0.25) is 0 Å². The maximum absolute atomic E-state index is 1.67. The fourth-order valence-electron chi connectivity index (χ4n) is 9.30. The van der Waals surface area contributed by atoms with Crippen LogP contribution in [0.5, 0.6) is 0 Å². The molecule has 0 aliphatic heterocycles. The average molecular weight is 270 g/mol. The summed E-state index contributed by atoms with van der Waals surface area (Å²) in [5, 5.41) is 0. The van der Waals surface area contributed by atoms with E-state index in [1.807, 2.05) is 0 Å². The molecule has 0 bridgehead atoms. The molecule has 6 rings (SSSR count). The van der Waals surface area contributed by atoms with Crippen molar-refractivity contribution < 1.29 is 0 Å². The highest BCUT2D eigenvalue weighted by Gasteiger charge is 2.63. The molecular formula is C20H30. The average Bonchev–Trinajstić information content (AvgIpc) is 3.11. The fraction of sp³-hybridized carbons (Fsp3) is 1.00. The highest BCUT2D eigenvalue weighted by Crippen LogP contribution is 2.71. The molecule has 6 aliphatic carbocycles. The van der Waals surface area contributed by atoms with Crippen molar-refractivity contribution in [3.8, 4) is 0 Å². The molecule has 0 aromatic heterocycles. The van der Waals surface area contributed by atoms with Gasteiger partial charge in [0.2, 0.25) is 0 Å². The van der Waals surface area contributed by atoms with Crippen LogP contribution in [0.25, 0.3) is 0 Å². The smallest absolute Gasteiger partial charge is 0.0318 e. The van der Waals surface area contributed by atoms with Crippen molar-refractivity contribution in [1.82, 2.24) is 0 Å². The minimum Gasteiger partial charge on any atom is -0.0527 e. The summed E-state index contributed by atoms with van der Waals surface area (Å²) in [6, 6.07) is 0. The Morgan fingerprint density at radius 3 is 1.40 bits per heavy atom. The Morgan fingerprint density at radius 2 is 0.850 bits per heavy atom. The summed E-state index contributed by atoms with van der Waals surface area (Å²) in [6.07, 6.45) is 16.3. The van der Waals surface area contributed by atoms with Gasteiger partial charge in [-0.1, -0.05) is 25.7 Å². The standard InChI is InChI=1S/C20H30/c1-3-11-7-13-9-15-10-14-8-12-4-2-6-17(12)19(14)20(15)18(13)16(11)5-1/h11-20H,1-10H2. The van der Waals surface area contributed by atoms with Crippen LogP contribution in [-0.2, 0) is 0 Å². The maximum Gasteiger partial charge on any atom is -0.0318 e. The first-order valence-corrected chi connectivity index (χ1v) is 9.90. The minimum atomic E-state index is 1.19. The molecule has 0 saturated heterocycles. The van der Waals surface area contributed by atoms with Gasteiger partial charge in [0, 0.05) is 0 Å². The fourth-order valence-corrected chi connectivity index (χ4v) is 9.30. The first kappa shape index (κ1) is 11.6. The van der Waals surface area contributed by atoms with E-state index in [1.165, 1.54) is 59.2 Å². The molecule has 0 spiro atoms. The van der Waals surface area contributed by atoms with Crippen molar-refractivity contribution in [3.05, 3.63) is 0 Å². The zero-order valence-electron chi connectivity index (χ0n) is 12.8. The molecule has 20 heavy (non-hydrogen) atoms. The molecule has 0 nitrogen and oxygen atoms in total. The molecule has 110 valence electrons. The van der Waals surface area contributed by atoms with E-state index in [0.29, 0.717) is 0 Å².